The van der Waals surface area contributed by atoms with Crippen molar-refractivity contribution in [3.8, 4) is 0 Å². The van der Waals surface area contributed by atoms with E-state index in [1.807, 2.05) is 18.7 Å². The van der Waals surface area contributed by atoms with E-state index in [4.69, 9.17) is 0 Å². The average molecular weight is 407 g/mol. The molecule has 0 saturated carbocycles. The maximum absolute atomic E-state index is 13.4. The Labute approximate surface area is 175 Å². The molecule has 1 N–H and O–H groups in total. The molecule has 4 amide bonds. The SMILES string of the molecule is CCC(CC)C(=O)N1CCC[C@H](N2C(=O)NC3(CCN(CC(C)C)CC3)C2=O)C1. The molecule has 7 heteroatoms. The summed E-state index contributed by atoms with van der Waals surface area (Å²) in [5.41, 5.74) is -0.744. The van der Waals surface area contributed by atoms with Crippen molar-refractivity contribution < 1.29 is 14.4 Å². The van der Waals surface area contributed by atoms with Gasteiger partial charge in [0.1, 0.15) is 5.54 Å². The van der Waals surface area contributed by atoms with Gasteiger partial charge in [-0.25, -0.2) is 4.79 Å². The standard InChI is InChI=1S/C22H38N4O3/c1-5-17(6-2)19(27)25-11-7-8-18(15-25)26-20(28)22(23-21(26)29)9-12-24(13-10-22)14-16(3)4/h16-18H,5-15H2,1-4H3,(H,23,29)/t18-/m0/s1. The van der Waals surface area contributed by atoms with Crippen LogP contribution in [0, 0.1) is 11.8 Å². The molecular formula is C22H38N4O3. The van der Waals surface area contributed by atoms with E-state index in [9.17, 15) is 14.4 Å². The van der Waals surface area contributed by atoms with Gasteiger partial charge in [0, 0.05) is 38.6 Å². The van der Waals surface area contributed by atoms with E-state index < -0.39 is 5.54 Å². The Morgan fingerprint density at radius 1 is 1.14 bits per heavy atom. The van der Waals surface area contributed by atoms with Gasteiger partial charge in [0.25, 0.3) is 5.91 Å². The van der Waals surface area contributed by atoms with Crippen LogP contribution in [0.25, 0.3) is 0 Å². The molecule has 0 radical (unpaired) electrons. The second-order valence-corrected chi connectivity index (χ2v) is 9.48. The van der Waals surface area contributed by atoms with E-state index in [-0.39, 0.29) is 29.8 Å². The topological polar surface area (TPSA) is 73.0 Å². The van der Waals surface area contributed by atoms with Crippen LogP contribution in [0.3, 0.4) is 0 Å². The number of nitrogens with zero attached hydrogens (tertiary/aromatic N) is 3. The number of hydrogen-bond donors (Lipinski definition) is 1. The Bertz CT molecular complexity index is 624. The van der Waals surface area contributed by atoms with Gasteiger partial charge in [-0.2, -0.15) is 0 Å². The number of nitrogens with one attached hydrogen (secondary N) is 1. The number of imide groups is 1. The van der Waals surface area contributed by atoms with Crippen molar-refractivity contribution in [2.24, 2.45) is 11.8 Å². The number of rotatable bonds is 6. The van der Waals surface area contributed by atoms with Crippen LogP contribution in [-0.4, -0.2) is 76.8 Å². The Morgan fingerprint density at radius 2 is 1.79 bits per heavy atom. The van der Waals surface area contributed by atoms with Crippen LogP contribution in [0.2, 0.25) is 0 Å². The van der Waals surface area contributed by atoms with Crippen LogP contribution < -0.4 is 5.32 Å². The fourth-order valence-corrected chi connectivity index (χ4v) is 5.21. The van der Waals surface area contributed by atoms with Gasteiger partial charge in [-0.3, -0.25) is 14.5 Å². The highest BCUT2D eigenvalue weighted by molar-refractivity contribution is 6.07. The monoisotopic (exact) mass is 406 g/mol. The highest BCUT2D eigenvalue weighted by Crippen LogP contribution is 2.33. The molecule has 0 unspecified atom stereocenters. The maximum atomic E-state index is 13.4. The van der Waals surface area contributed by atoms with Gasteiger partial charge in [0.2, 0.25) is 5.91 Å². The Morgan fingerprint density at radius 3 is 2.38 bits per heavy atom. The summed E-state index contributed by atoms with van der Waals surface area (Å²) >= 11 is 0. The molecule has 164 valence electrons. The molecule has 0 aromatic carbocycles. The molecule has 1 spiro atoms. The lowest BCUT2D eigenvalue weighted by Gasteiger charge is -2.40. The fraction of sp³-hybridized carbons (Fsp3) is 0.864. The van der Waals surface area contributed by atoms with Gasteiger partial charge >= 0.3 is 6.03 Å². The highest BCUT2D eigenvalue weighted by atomic mass is 16.2. The third-order valence-corrected chi connectivity index (χ3v) is 6.93. The summed E-state index contributed by atoms with van der Waals surface area (Å²) in [7, 11) is 0. The number of carbonyl (C=O) groups is 3. The van der Waals surface area contributed by atoms with E-state index in [2.05, 4.69) is 24.1 Å². The Kier molecular flexibility index (Phi) is 6.87. The molecule has 0 aromatic heterocycles. The number of likely N-dealkylation sites (tertiary alicyclic amines) is 2. The van der Waals surface area contributed by atoms with Crippen LogP contribution in [0.5, 0.6) is 0 Å². The van der Waals surface area contributed by atoms with E-state index in [0.717, 1.165) is 51.9 Å². The highest BCUT2D eigenvalue weighted by Gasteiger charge is 2.54. The summed E-state index contributed by atoms with van der Waals surface area (Å²) in [5.74, 6) is 0.723. The second-order valence-electron chi connectivity index (χ2n) is 9.48. The molecule has 3 rings (SSSR count). The van der Waals surface area contributed by atoms with E-state index in [1.54, 1.807) is 0 Å². The molecule has 7 nitrogen and oxygen atoms in total. The zero-order valence-electron chi connectivity index (χ0n) is 18.6. The van der Waals surface area contributed by atoms with Gasteiger partial charge in [-0.15, -0.1) is 0 Å². The largest absolute Gasteiger partial charge is 0.340 e. The van der Waals surface area contributed by atoms with Crippen LogP contribution in [0.4, 0.5) is 4.79 Å². The van der Waals surface area contributed by atoms with Crippen LogP contribution in [0.1, 0.15) is 66.2 Å². The Hall–Kier alpha value is -1.63. The number of urea groups is 1. The summed E-state index contributed by atoms with van der Waals surface area (Å²) in [6.07, 6.45) is 4.61. The molecule has 3 aliphatic heterocycles. The predicted molar refractivity (Wildman–Crippen MR) is 112 cm³/mol. The molecule has 0 aliphatic carbocycles. The summed E-state index contributed by atoms with van der Waals surface area (Å²) in [5, 5.41) is 3.04. The van der Waals surface area contributed by atoms with E-state index in [1.165, 1.54) is 4.90 Å². The van der Waals surface area contributed by atoms with Crippen molar-refractivity contribution in [3.63, 3.8) is 0 Å². The lowest BCUT2D eigenvalue weighted by Crippen LogP contribution is -2.56. The normalized spacial score (nSPS) is 25.4. The summed E-state index contributed by atoms with van der Waals surface area (Å²) in [6, 6.07) is -0.475. The van der Waals surface area contributed by atoms with Crippen molar-refractivity contribution >= 4 is 17.8 Å². The summed E-state index contributed by atoms with van der Waals surface area (Å²) in [6.45, 7) is 12.4. The molecule has 0 aromatic rings. The number of carbonyl (C=O) groups excluding carboxylic acids is 3. The number of piperidine rings is 2. The molecule has 3 aliphatic rings. The predicted octanol–water partition coefficient (Wildman–Crippen LogP) is 2.46. The molecule has 1 atom stereocenters. The molecule has 3 saturated heterocycles. The molecule has 3 fully saturated rings. The maximum Gasteiger partial charge on any atom is 0.325 e. The van der Waals surface area contributed by atoms with Gasteiger partial charge in [-0.1, -0.05) is 27.7 Å². The molecular weight excluding hydrogens is 368 g/mol. The van der Waals surface area contributed by atoms with Crippen LogP contribution in [-0.2, 0) is 9.59 Å². The van der Waals surface area contributed by atoms with Crippen molar-refractivity contribution in [2.75, 3.05) is 32.7 Å². The van der Waals surface area contributed by atoms with Gasteiger partial charge in [0.05, 0.1) is 6.04 Å². The third kappa shape index (κ3) is 4.44. The zero-order chi connectivity index (χ0) is 21.2. The van der Waals surface area contributed by atoms with Crippen LogP contribution in [0.15, 0.2) is 0 Å². The minimum Gasteiger partial charge on any atom is -0.340 e. The minimum absolute atomic E-state index is 0.0356. The van der Waals surface area contributed by atoms with E-state index >= 15 is 0 Å². The summed E-state index contributed by atoms with van der Waals surface area (Å²) in [4.78, 5) is 44.7. The van der Waals surface area contributed by atoms with Gasteiger partial charge in [0.15, 0.2) is 0 Å². The lowest BCUT2D eigenvalue weighted by molar-refractivity contribution is -0.141. The zero-order valence-corrected chi connectivity index (χ0v) is 18.6. The first-order chi connectivity index (χ1) is 13.8. The quantitative estimate of drug-likeness (QED) is 0.688. The summed E-state index contributed by atoms with van der Waals surface area (Å²) < 4.78 is 0. The first-order valence-corrected chi connectivity index (χ1v) is 11.5. The fourth-order valence-electron chi connectivity index (χ4n) is 5.21. The van der Waals surface area contributed by atoms with Crippen molar-refractivity contribution in [1.82, 2.24) is 20.0 Å². The van der Waals surface area contributed by atoms with E-state index in [0.29, 0.717) is 25.3 Å². The molecule has 29 heavy (non-hydrogen) atoms. The van der Waals surface area contributed by atoms with Crippen molar-refractivity contribution in [1.29, 1.82) is 0 Å². The third-order valence-electron chi connectivity index (χ3n) is 6.93. The van der Waals surface area contributed by atoms with Crippen molar-refractivity contribution in [2.45, 2.75) is 77.8 Å². The van der Waals surface area contributed by atoms with Crippen molar-refractivity contribution in [3.05, 3.63) is 0 Å². The second kappa shape index (κ2) is 9.02. The number of hydrogen-bond acceptors (Lipinski definition) is 4. The minimum atomic E-state index is -0.744. The molecule has 0 bridgehead atoms. The first kappa shape index (κ1) is 22.1. The van der Waals surface area contributed by atoms with Gasteiger partial charge in [-0.05, 0) is 44.4 Å². The lowest BCUT2D eigenvalue weighted by atomic mass is 9.86. The molecule has 3 heterocycles. The smallest absolute Gasteiger partial charge is 0.325 e. The van der Waals surface area contributed by atoms with Crippen LogP contribution >= 0.6 is 0 Å². The number of amides is 4. The first-order valence-electron chi connectivity index (χ1n) is 11.5. The average Bonchev–Trinajstić information content (AvgIpc) is 2.94. The van der Waals surface area contributed by atoms with Gasteiger partial charge < -0.3 is 15.1 Å². The Balaban J connectivity index is 1.66.